The van der Waals surface area contributed by atoms with Crippen molar-refractivity contribution in [2.24, 2.45) is 5.92 Å². The monoisotopic (exact) mass is 542 g/mol. The summed E-state index contributed by atoms with van der Waals surface area (Å²) in [4.78, 5) is 35.2. The minimum Gasteiger partial charge on any atom is -0.349 e. The van der Waals surface area contributed by atoms with Gasteiger partial charge in [-0.15, -0.1) is 0 Å². The first kappa shape index (κ1) is 25.0. The number of para-hydroxylation sites is 2. The van der Waals surface area contributed by atoms with E-state index < -0.39 is 0 Å². The van der Waals surface area contributed by atoms with E-state index in [9.17, 15) is 9.59 Å². The molecule has 0 spiro atoms. The van der Waals surface area contributed by atoms with Crippen molar-refractivity contribution in [3.8, 4) is 17.1 Å². The van der Waals surface area contributed by atoms with E-state index in [1.165, 1.54) is 0 Å². The van der Waals surface area contributed by atoms with Crippen molar-refractivity contribution < 1.29 is 4.79 Å². The summed E-state index contributed by atoms with van der Waals surface area (Å²) in [6.45, 7) is 2.42. The van der Waals surface area contributed by atoms with Crippen LogP contribution in [0.1, 0.15) is 41.7 Å². The lowest BCUT2D eigenvalue weighted by atomic mass is 9.85. The number of H-pyrrole nitrogens is 1. The Morgan fingerprint density at radius 1 is 1.03 bits per heavy atom. The zero-order chi connectivity index (χ0) is 26.9. The first-order valence-corrected chi connectivity index (χ1v) is 13.3. The molecule has 39 heavy (non-hydrogen) atoms. The summed E-state index contributed by atoms with van der Waals surface area (Å²) < 4.78 is 3.58. The van der Waals surface area contributed by atoms with Crippen LogP contribution >= 0.6 is 11.6 Å². The summed E-state index contributed by atoms with van der Waals surface area (Å²) >= 11 is 6.04. The average molecular weight is 543 g/mol. The van der Waals surface area contributed by atoms with Crippen molar-refractivity contribution in [2.75, 3.05) is 0 Å². The molecule has 0 unspecified atom stereocenters. The summed E-state index contributed by atoms with van der Waals surface area (Å²) in [5.74, 6) is 0.186. The van der Waals surface area contributed by atoms with Gasteiger partial charge in [0.05, 0.1) is 51.1 Å². The van der Waals surface area contributed by atoms with Gasteiger partial charge in [-0.1, -0.05) is 23.7 Å². The minimum atomic E-state index is -0.145. The summed E-state index contributed by atoms with van der Waals surface area (Å²) in [7, 11) is 0. The molecule has 2 N–H and O–H groups in total. The molecule has 1 saturated carbocycles. The third-order valence-corrected chi connectivity index (χ3v) is 7.65. The summed E-state index contributed by atoms with van der Waals surface area (Å²) in [5, 5.41) is 14.1. The third kappa shape index (κ3) is 4.95. The Kier molecular flexibility index (Phi) is 6.70. The number of rotatable bonds is 6. The molecule has 198 valence electrons. The van der Waals surface area contributed by atoms with Gasteiger partial charge < -0.3 is 5.32 Å². The molecule has 5 aromatic rings. The number of carbonyl (C=O) groups excluding carboxylic acids is 1. The number of benzene rings is 1. The van der Waals surface area contributed by atoms with Crippen molar-refractivity contribution in [1.82, 2.24) is 39.8 Å². The Bertz CT molecular complexity index is 1680. The number of nitrogens with zero attached hydrogens (tertiary/aromatic N) is 6. The van der Waals surface area contributed by atoms with Crippen LogP contribution in [0.3, 0.4) is 0 Å². The number of aromatic nitrogens is 7. The van der Waals surface area contributed by atoms with Gasteiger partial charge in [0, 0.05) is 18.8 Å². The number of pyridine rings is 2. The Hall–Kier alpha value is -4.31. The quantitative estimate of drug-likeness (QED) is 0.329. The molecule has 4 heterocycles. The number of carbonyl (C=O) groups is 1. The Morgan fingerprint density at radius 2 is 1.82 bits per heavy atom. The molecule has 6 rings (SSSR count). The maximum absolute atomic E-state index is 13.7. The number of aromatic amines is 1. The van der Waals surface area contributed by atoms with Crippen LogP contribution in [-0.2, 0) is 6.54 Å². The van der Waals surface area contributed by atoms with E-state index in [0.29, 0.717) is 45.8 Å². The molecule has 11 heteroatoms. The molecule has 0 aliphatic heterocycles. The second-order valence-electron chi connectivity index (χ2n) is 9.95. The smallest absolute Gasteiger partial charge is 0.333 e. The molecule has 0 atom stereocenters. The lowest BCUT2D eigenvalue weighted by molar-refractivity contribution is 0.0919. The molecule has 1 amide bonds. The highest BCUT2D eigenvalue weighted by Crippen LogP contribution is 2.28. The van der Waals surface area contributed by atoms with Gasteiger partial charge in [0.1, 0.15) is 5.69 Å². The second kappa shape index (κ2) is 10.5. The van der Waals surface area contributed by atoms with Crippen LogP contribution in [0.5, 0.6) is 0 Å². The van der Waals surface area contributed by atoms with Crippen molar-refractivity contribution in [2.45, 2.75) is 45.2 Å². The first-order chi connectivity index (χ1) is 19.0. The standard InChI is InChI=1S/C28H27ClN8O2/c1-17-22(12-19(29)13-30-17)27(38)33-20-8-6-18(7-9-20)16-36-25-4-2-3-5-26(25)37(28(36)39)21-10-11-23(31-14-21)24-15-32-35-34-24/h2-5,10-15,18,20H,6-9,16H2,1H3,(H,33,38)(H,32,34,35). The topological polar surface area (TPSA) is 123 Å². The van der Waals surface area contributed by atoms with Gasteiger partial charge >= 0.3 is 5.69 Å². The van der Waals surface area contributed by atoms with Crippen molar-refractivity contribution in [1.29, 1.82) is 0 Å². The van der Waals surface area contributed by atoms with E-state index in [0.717, 1.165) is 36.7 Å². The van der Waals surface area contributed by atoms with Crippen LogP contribution in [0.25, 0.3) is 28.1 Å². The second-order valence-corrected chi connectivity index (χ2v) is 10.4. The fourth-order valence-electron chi connectivity index (χ4n) is 5.38. The zero-order valence-electron chi connectivity index (χ0n) is 21.3. The molecule has 0 bridgehead atoms. The maximum Gasteiger partial charge on any atom is 0.333 e. The normalized spacial score (nSPS) is 17.4. The highest BCUT2D eigenvalue weighted by atomic mass is 35.5. The van der Waals surface area contributed by atoms with Crippen molar-refractivity contribution in [3.05, 3.63) is 87.8 Å². The number of hydrogen-bond donors (Lipinski definition) is 2. The fraction of sp³-hybridized carbons (Fsp3) is 0.286. The van der Waals surface area contributed by atoms with Crippen LogP contribution in [0.4, 0.5) is 0 Å². The average Bonchev–Trinajstić information content (AvgIpc) is 3.58. The highest BCUT2D eigenvalue weighted by Gasteiger charge is 2.26. The van der Waals surface area contributed by atoms with Crippen molar-refractivity contribution in [3.63, 3.8) is 0 Å². The molecule has 1 aliphatic rings. The lowest BCUT2D eigenvalue weighted by Gasteiger charge is -2.29. The van der Waals surface area contributed by atoms with Crippen molar-refractivity contribution >= 4 is 28.5 Å². The molecule has 4 aromatic heterocycles. The van der Waals surface area contributed by atoms with Crippen LogP contribution < -0.4 is 11.0 Å². The van der Waals surface area contributed by atoms with E-state index in [1.807, 2.05) is 41.0 Å². The molecular formula is C28H27ClN8O2. The third-order valence-electron chi connectivity index (χ3n) is 7.44. The van der Waals surface area contributed by atoms with Crippen LogP contribution in [0.2, 0.25) is 5.02 Å². The maximum atomic E-state index is 13.7. The van der Waals surface area contributed by atoms with Gasteiger partial charge in [0.2, 0.25) is 0 Å². The van der Waals surface area contributed by atoms with Gasteiger partial charge in [-0.25, -0.2) is 4.79 Å². The van der Waals surface area contributed by atoms with E-state index in [2.05, 4.69) is 30.7 Å². The Balaban J connectivity index is 1.18. The minimum absolute atomic E-state index is 0.0829. The van der Waals surface area contributed by atoms with E-state index in [4.69, 9.17) is 11.6 Å². The number of halogens is 1. The predicted octanol–water partition coefficient (Wildman–Crippen LogP) is 4.32. The largest absolute Gasteiger partial charge is 0.349 e. The summed E-state index contributed by atoms with van der Waals surface area (Å²) in [6.07, 6.45) is 8.37. The van der Waals surface area contributed by atoms with Gasteiger partial charge in [-0.3, -0.25) is 23.9 Å². The Morgan fingerprint density at radius 3 is 2.54 bits per heavy atom. The molecule has 1 aromatic carbocycles. The summed E-state index contributed by atoms with van der Waals surface area (Å²) in [6, 6.07) is 13.3. The number of hydrogen-bond acceptors (Lipinski definition) is 6. The van der Waals surface area contributed by atoms with Gasteiger partial charge in [-0.05, 0) is 68.9 Å². The lowest BCUT2D eigenvalue weighted by Crippen LogP contribution is -2.39. The van der Waals surface area contributed by atoms with E-state index >= 15 is 0 Å². The van der Waals surface area contributed by atoms with E-state index in [1.54, 1.807) is 36.1 Å². The SMILES string of the molecule is Cc1ncc(Cl)cc1C(=O)NC1CCC(Cn2c(=O)n(-c3ccc(-c4cn[nH]n4)nc3)c3ccccc32)CC1. The number of fused-ring (bicyclic) bond motifs is 1. The van der Waals surface area contributed by atoms with Crippen LogP contribution in [0, 0.1) is 12.8 Å². The van der Waals surface area contributed by atoms with Crippen LogP contribution in [0.15, 0.2) is 65.8 Å². The molecular weight excluding hydrogens is 516 g/mol. The number of amides is 1. The number of imidazole rings is 1. The van der Waals surface area contributed by atoms with Gasteiger partial charge in [0.15, 0.2) is 0 Å². The molecule has 0 saturated heterocycles. The Labute approximate surface area is 229 Å². The molecule has 1 fully saturated rings. The fourth-order valence-corrected chi connectivity index (χ4v) is 5.54. The van der Waals surface area contributed by atoms with Gasteiger partial charge in [0.25, 0.3) is 5.91 Å². The van der Waals surface area contributed by atoms with Gasteiger partial charge in [-0.2, -0.15) is 15.4 Å². The molecule has 10 nitrogen and oxygen atoms in total. The predicted molar refractivity (Wildman–Crippen MR) is 148 cm³/mol. The number of nitrogens with one attached hydrogen (secondary N) is 2. The molecule has 0 radical (unpaired) electrons. The highest BCUT2D eigenvalue weighted by molar-refractivity contribution is 6.30. The summed E-state index contributed by atoms with van der Waals surface area (Å²) in [5.41, 5.74) is 4.81. The number of aryl methyl sites for hydroxylation is 1. The molecule has 1 aliphatic carbocycles. The first-order valence-electron chi connectivity index (χ1n) is 12.9. The van der Waals surface area contributed by atoms with Crippen LogP contribution in [-0.4, -0.2) is 46.5 Å². The zero-order valence-corrected chi connectivity index (χ0v) is 22.1. The van der Waals surface area contributed by atoms with E-state index in [-0.39, 0.29) is 17.6 Å².